The Morgan fingerprint density at radius 1 is 1.47 bits per heavy atom. The smallest absolute Gasteiger partial charge is 0.227 e. The summed E-state index contributed by atoms with van der Waals surface area (Å²) in [4.78, 5) is 11.7. The van der Waals surface area contributed by atoms with Gasteiger partial charge in [0.2, 0.25) is 5.91 Å². The molecule has 0 heterocycles. The van der Waals surface area contributed by atoms with Gasteiger partial charge in [-0.05, 0) is 40.9 Å². The van der Waals surface area contributed by atoms with Gasteiger partial charge in [0.15, 0.2) is 0 Å². The molecule has 4 heteroatoms. The van der Waals surface area contributed by atoms with E-state index in [2.05, 4.69) is 21.2 Å². The van der Waals surface area contributed by atoms with E-state index in [0.717, 1.165) is 23.7 Å². The molecule has 2 nitrogen and oxygen atoms in total. The zero-order valence-corrected chi connectivity index (χ0v) is 10.4. The molecule has 1 aliphatic carbocycles. The Labute approximate surface area is 102 Å². The Bertz CT molecular complexity index is 370. The van der Waals surface area contributed by atoms with Crippen LogP contribution in [0.25, 0.3) is 0 Å². The predicted molar refractivity (Wildman–Crippen MR) is 65.1 cm³/mol. The van der Waals surface area contributed by atoms with Gasteiger partial charge in [0.25, 0.3) is 0 Å². The molecule has 15 heavy (non-hydrogen) atoms. The molecule has 0 atom stereocenters. The highest BCUT2D eigenvalue weighted by Crippen LogP contribution is 2.33. The van der Waals surface area contributed by atoms with Crippen molar-refractivity contribution in [3.8, 4) is 0 Å². The number of nitrogens with one attached hydrogen (secondary N) is 1. The summed E-state index contributed by atoms with van der Waals surface area (Å²) >= 11 is 9.36. The SMILES string of the molecule is O=C(Nc1c(Cl)cccc1Br)C1CCC1. The van der Waals surface area contributed by atoms with Gasteiger partial charge in [-0.15, -0.1) is 0 Å². The van der Waals surface area contributed by atoms with Crippen LogP contribution in [0.1, 0.15) is 19.3 Å². The second kappa shape index (κ2) is 4.54. The maximum Gasteiger partial charge on any atom is 0.227 e. The van der Waals surface area contributed by atoms with Gasteiger partial charge in [0.1, 0.15) is 0 Å². The van der Waals surface area contributed by atoms with Crippen LogP contribution in [0.2, 0.25) is 5.02 Å². The van der Waals surface area contributed by atoms with Crippen molar-refractivity contribution in [1.82, 2.24) is 0 Å². The highest BCUT2D eigenvalue weighted by molar-refractivity contribution is 9.10. The summed E-state index contributed by atoms with van der Waals surface area (Å²) in [6.07, 6.45) is 3.14. The molecular formula is C11H11BrClNO. The minimum Gasteiger partial charge on any atom is -0.324 e. The van der Waals surface area contributed by atoms with E-state index in [1.165, 1.54) is 0 Å². The molecular weight excluding hydrogens is 277 g/mol. The molecule has 0 spiro atoms. The summed E-state index contributed by atoms with van der Waals surface area (Å²) in [5.74, 6) is 0.253. The van der Waals surface area contributed by atoms with Gasteiger partial charge in [-0.2, -0.15) is 0 Å². The van der Waals surface area contributed by atoms with Crippen LogP contribution in [0.5, 0.6) is 0 Å². The van der Waals surface area contributed by atoms with E-state index in [4.69, 9.17) is 11.6 Å². The van der Waals surface area contributed by atoms with Crippen LogP contribution in [0.15, 0.2) is 22.7 Å². The van der Waals surface area contributed by atoms with Crippen molar-refractivity contribution in [2.45, 2.75) is 19.3 Å². The monoisotopic (exact) mass is 287 g/mol. The van der Waals surface area contributed by atoms with Crippen molar-refractivity contribution in [1.29, 1.82) is 0 Å². The van der Waals surface area contributed by atoms with Crippen LogP contribution in [0.3, 0.4) is 0 Å². The number of halogens is 2. The zero-order valence-electron chi connectivity index (χ0n) is 8.09. The molecule has 1 aromatic rings. The van der Waals surface area contributed by atoms with E-state index in [9.17, 15) is 4.79 Å². The van der Waals surface area contributed by atoms with Crippen molar-refractivity contribution in [2.24, 2.45) is 5.92 Å². The summed E-state index contributed by atoms with van der Waals surface area (Å²) < 4.78 is 0.822. The molecule has 2 rings (SSSR count). The largest absolute Gasteiger partial charge is 0.324 e. The van der Waals surface area contributed by atoms with Gasteiger partial charge in [-0.25, -0.2) is 0 Å². The van der Waals surface area contributed by atoms with E-state index in [0.29, 0.717) is 10.7 Å². The molecule has 1 fully saturated rings. The zero-order chi connectivity index (χ0) is 10.8. The fraction of sp³-hybridized carbons (Fsp3) is 0.364. The molecule has 1 N–H and O–H groups in total. The first-order valence-electron chi connectivity index (χ1n) is 4.93. The Morgan fingerprint density at radius 2 is 2.20 bits per heavy atom. The van der Waals surface area contributed by atoms with Gasteiger partial charge < -0.3 is 5.32 Å². The average Bonchev–Trinajstić information content (AvgIpc) is 2.08. The third kappa shape index (κ3) is 2.34. The number of rotatable bonds is 2. The van der Waals surface area contributed by atoms with Crippen LogP contribution in [-0.4, -0.2) is 5.91 Å². The number of benzene rings is 1. The molecule has 1 aromatic carbocycles. The average molecular weight is 289 g/mol. The number of amides is 1. The summed E-state index contributed by atoms with van der Waals surface area (Å²) in [7, 11) is 0. The minimum absolute atomic E-state index is 0.0788. The fourth-order valence-corrected chi connectivity index (χ4v) is 2.31. The third-order valence-corrected chi connectivity index (χ3v) is 3.66. The number of carbonyl (C=O) groups is 1. The van der Waals surface area contributed by atoms with Gasteiger partial charge in [0.05, 0.1) is 10.7 Å². The van der Waals surface area contributed by atoms with E-state index < -0.39 is 0 Å². The summed E-state index contributed by atoms with van der Waals surface area (Å²) in [6, 6.07) is 5.47. The van der Waals surface area contributed by atoms with Crippen LogP contribution in [0.4, 0.5) is 5.69 Å². The first-order valence-corrected chi connectivity index (χ1v) is 6.10. The van der Waals surface area contributed by atoms with E-state index in [-0.39, 0.29) is 11.8 Å². The second-order valence-electron chi connectivity index (χ2n) is 3.71. The van der Waals surface area contributed by atoms with E-state index in [1.807, 2.05) is 12.1 Å². The van der Waals surface area contributed by atoms with Crippen molar-refractivity contribution in [3.05, 3.63) is 27.7 Å². The molecule has 1 saturated carbocycles. The lowest BCUT2D eigenvalue weighted by atomic mass is 9.85. The summed E-state index contributed by atoms with van der Waals surface area (Å²) in [6.45, 7) is 0. The van der Waals surface area contributed by atoms with Gasteiger partial charge in [-0.3, -0.25) is 4.79 Å². The van der Waals surface area contributed by atoms with Crippen LogP contribution < -0.4 is 5.32 Å². The molecule has 0 aliphatic heterocycles. The lowest BCUT2D eigenvalue weighted by molar-refractivity contribution is -0.122. The van der Waals surface area contributed by atoms with Gasteiger partial charge in [-0.1, -0.05) is 24.1 Å². The molecule has 1 aliphatic rings. The quantitative estimate of drug-likeness (QED) is 0.880. The Morgan fingerprint density at radius 3 is 2.73 bits per heavy atom. The molecule has 0 unspecified atom stereocenters. The van der Waals surface area contributed by atoms with Gasteiger partial charge >= 0.3 is 0 Å². The lowest BCUT2D eigenvalue weighted by Gasteiger charge is -2.24. The molecule has 0 aromatic heterocycles. The van der Waals surface area contributed by atoms with E-state index >= 15 is 0 Å². The highest BCUT2D eigenvalue weighted by atomic mass is 79.9. The first-order chi connectivity index (χ1) is 7.18. The van der Waals surface area contributed by atoms with Crippen LogP contribution >= 0.6 is 27.5 Å². The lowest BCUT2D eigenvalue weighted by Crippen LogP contribution is -2.28. The Hall–Kier alpha value is -0.540. The maximum atomic E-state index is 11.7. The first kappa shape index (κ1) is 11.0. The number of carbonyl (C=O) groups excluding carboxylic acids is 1. The fourth-order valence-electron chi connectivity index (χ4n) is 1.51. The normalized spacial score (nSPS) is 15.9. The van der Waals surface area contributed by atoms with Crippen molar-refractivity contribution in [3.63, 3.8) is 0 Å². The molecule has 1 amide bonds. The van der Waals surface area contributed by atoms with Crippen LogP contribution in [0, 0.1) is 5.92 Å². The third-order valence-electron chi connectivity index (χ3n) is 2.69. The summed E-state index contributed by atoms with van der Waals surface area (Å²) in [5.41, 5.74) is 0.677. The van der Waals surface area contributed by atoms with Crippen molar-refractivity contribution < 1.29 is 4.79 Å². The minimum atomic E-state index is 0.0788. The second-order valence-corrected chi connectivity index (χ2v) is 4.98. The number of para-hydroxylation sites is 1. The van der Waals surface area contributed by atoms with Crippen molar-refractivity contribution in [2.75, 3.05) is 5.32 Å². The number of hydrogen-bond acceptors (Lipinski definition) is 1. The van der Waals surface area contributed by atoms with Crippen molar-refractivity contribution >= 4 is 39.1 Å². The Balaban J connectivity index is 2.12. The molecule has 0 bridgehead atoms. The Kier molecular flexibility index (Phi) is 3.32. The molecule has 0 radical (unpaired) electrons. The molecule has 80 valence electrons. The molecule has 0 saturated heterocycles. The maximum absolute atomic E-state index is 11.7. The van der Waals surface area contributed by atoms with Crippen LogP contribution in [-0.2, 0) is 4.79 Å². The predicted octanol–water partition coefficient (Wildman–Crippen LogP) is 3.84. The number of hydrogen-bond donors (Lipinski definition) is 1. The highest BCUT2D eigenvalue weighted by Gasteiger charge is 2.25. The number of anilines is 1. The van der Waals surface area contributed by atoms with Gasteiger partial charge in [0, 0.05) is 10.4 Å². The van der Waals surface area contributed by atoms with E-state index in [1.54, 1.807) is 6.07 Å². The topological polar surface area (TPSA) is 29.1 Å². The standard InChI is InChI=1S/C11H11BrClNO/c12-8-5-2-6-9(13)10(8)14-11(15)7-3-1-4-7/h2,5-7H,1,3-4H2,(H,14,15). The summed E-state index contributed by atoms with van der Waals surface area (Å²) in [5, 5.41) is 3.43.